The molecule has 3 aromatic rings. The Morgan fingerprint density at radius 3 is 2.58 bits per heavy atom. The molecule has 3 nitrogen and oxygen atoms in total. The summed E-state index contributed by atoms with van der Waals surface area (Å²) in [4.78, 5) is 0. The van der Waals surface area contributed by atoms with Crippen molar-refractivity contribution >= 4 is 17.3 Å². The first-order valence-corrected chi connectivity index (χ1v) is 8.93. The molecule has 1 atom stereocenters. The molecule has 0 radical (unpaired) electrons. The van der Waals surface area contributed by atoms with Crippen molar-refractivity contribution < 1.29 is 5.11 Å². The second-order valence-corrected chi connectivity index (χ2v) is 7.68. The van der Waals surface area contributed by atoms with Gasteiger partial charge in [-0.05, 0) is 44.0 Å². The molecule has 2 aromatic heterocycles. The van der Waals surface area contributed by atoms with Crippen LogP contribution >= 0.6 is 11.8 Å². The van der Waals surface area contributed by atoms with Gasteiger partial charge in [-0.3, -0.25) is 0 Å². The molecule has 1 N–H and O–H groups in total. The molecule has 24 heavy (non-hydrogen) atoms. The number of aryl methyl sites for hydroxylation is 2. The fourth-order valence-electron chi connectivity index (χ4n) is 3.46. The van der Waals surface area contributed by atoms with Crippen LogP contribution in [0.4, 0.5) is 0 Å². The fraction of sp³-hybridized carbons (Fsp3) is 0.250. The summed E-state index contributed by atoms with van der Waals surface area (Å²) in [7, 11) is 0. The van der Waals surface area contributed by atoms with Crippen molar-refractivity contribution in [2.24, 2.45) is 0 Å². The van der Waals surface area contributed by atoms with Gasteiger partial charge >= 0.3 is 0 Å². The molecule has 0 saturated carbocycles. The third-order valence-corrected chi connectivity index (χ3v) is 6.05. The standard InChI is InChI=1S/C20H18N2OS/c1-12-4-6-14(7-5-12)16-9-15-8-13(2)17(10-21)19-22(15)18(16)20(3,23)11-24-19/h4-9,23H,11H2,1-3H3. The highest BCUT2D eigenvalue weighted by Crippen LogP contribution is 2.45. The van der Waals surface area contributed by atoms with Gasteiger partial charge in [-0.25, -0.2) is 0 Å². The minimum Gasteiger partial charge on any atom is -0.383 e. The molecular weight excluding hydrogens is 316 g/mol. The molecule has 1 aliphatic heterocycles. The van der Waals surface area contributed by atoms with Crippen LogP contribution in [-0.4, -0.2) is 15.3 Å². The first-order valence-electron chi connectivity index (χ1n) is 7.94. The number of hydrogen-bond donors (Lipinski definition) is 1. The predicted molar refractivity (Wildman–Crippen MR) is 97.3 cm³/mol. The monoisotopic (exact) mass is 334 g/mol. The van der Waals surface area contributed by atoms with Gasteiger partial charge in [0.15, 0.2) is 0 Å². The van der Waals surface area contributed by atoms with E-state index in [4.69, 9.17) is 0 Å². The highest BCUT2D eigenvalue weighted by atomic mass is 32.2. The number of thioether (sulfide) groups is 1. The zero-order valence-corrected chi connectivity index (χ0v) is 14.7. The number of nitrogens with zero attached hydrogens (tertiary/aromatic N) is 2. The van der Waals surface area contributed by atoms with E-state index in [1.54, 1.807) is 11.8 Å². The maximum Gasteiger partial charge on any atom is 0.112 e. The molecule has 3 heterocycles. The molecule has 0 spiro atoms. The number of benzene rings is 1. The summed E-state index contributed by atoms with van der Waals surface area (Å²) in [6.45, 7) is 5.90. The highest BCUT2D eigenvalue weighted by molar-refractivity contribution is 7.99. The van der Waals surface area contributed by atoms with Crippen LogP contribution in [0.1, 0.15) is 29.3 Å². The van der Waals surface area contributed by atoms with Crippen LogP contribution in [0, 0.1) is 25.2 Å². The molecule has 120 valence electrons. The molecular formula is C20H18N2OS. The van der Waals surface area contributed by atoms with E-state index in [1.165, 1.54) is 5.56 Å². The third kappa shape index (κ3) is 2.09. The van der Waals surface area contributed by atoms with Gasteiger partial charge in [-0.2, -0.15) is 5.26 Å². The zero-order chi connectivity index (χ0) is 17.1. The van der Waals surface area contributed by atoms with E-state index in [0.717, 1.165) is 32.9 Å². The fourth-order valence-corrected chi connectivity index (χ4v) is 4.70. The normalized spacial score (nSPS) is 19.5. The van der Waals surface area contributed by atoms with Crippen molar-refractivity contribution in [3.8, 4) is 17.2 Å². The van der Waals surface area contributed by atoms with Gasteiger partial charge in [-0.1, -0.05) is 29.8 Å². The van der Waals surface area contributed by atoms with E-state index >= 15 is 0 Å². The largest absolute Gasteiger partial charge is 0.383 e. The summed E-state index contributed by atoms with van der Waals surface area (Å²) in [5, 5.41) is 21.5. The Balaban J connectivity index is 2.13. The van der Waals surface area contributed by atoms with Crippen molar-refractivity contribution in [2.45, 2.75) is 31.4 Å². The lowest BCUT2D eigenvalue weighted by Gasteiger charge is -2.31. The summed E-state index contributed by atoms with van der Waals surface area (Å²) < 4.78 is 2.06. The van der Waals surface area contributed by atoms with Gasteiger partial charge in [-0.15, -0.1) is 11.8 Å². The van der Waals surface area contributed by atoms with Gasteiger partial charge in [0.2, 0.25) is 0 Å². The van der Waals surface area contributed by atoms with Crippen molar-refractivity contribution in [3.63, 3.8) is 0 Å². The van der Waals surface area contributed by atoms with Gasteiger partial charge < -0.3 is 9.51 Å². The minimum atomic E-state index is -0.938. The number of rotatable bonds is 1. The minimum absolute atomic E-state index is 0.545. The lowest BCUT2D eigenvalue weighted by molar-refractivity contribution is 0.0763. The molecule has 0 aliphatic carbocycles. The van der Waals surface area contributed by atoms with Crippen LogP contribution in [-0.2, 0) is 5.60 Å². The number of aliphatic hydroxyl groups is 1. The first kappa shape index (κ1) is 15.3. The van der Waals surface area contributed by atoms with Crippen molar-refractivity contribution in [3.05, 3.63) is 58.8 Å². The Morgan fingerprint density at radius 2 is 1.92 bits per heavy atom. The molecule has 4 heteroatoms. The Hall–Kier alpha value is -2.22. The number of nitriles is 1. The van der Waals surface area contributed by atoms with Crippen molar-refractivity contribution in [2.75, 3.05) is 5.75 Å². The van der Waals surface area contributed by atoms with E-state index < -0.39 is 5.60 Å². The molecule has 1 unspecified atom stereocenters. The van der Waals surface area contributed by atoms with Crippen LogP contribution in [0.25, 0.3) is 16.6 Å². The summed E-state index contributed by atoms with van der Waals surface area (Å²) in [5.74, 6) is 0.545. The average molecular weight is 334 g/mol. The van der Waals surface area contributed by atoms with E-state index in [0.29, 0.717) is 11.3 Å². The summed E-state index contributed by atoms with van der Waals surface area (Å²) in [5.41, 5.74) is 5.99. The molecule has 0 amide bonds. The van der Waals surface area contributed by atoms with Crippen LogP contribution in [0.2, 0.25) is 0 Å². The van der Waals surface area contributed by atoms with Crippen LogP contribution in [0.5, 0.6) is 0 Å². The van der Waals surface area contributed by atoms with Gasteiger partial charge in [0.1, 0.15) is 11.7 Å². The molecule has 1 aliphatic rings. The topological polar surface area (TPSA) is 48.4 Å². The van der Waals surface area contributed by atoms with Crippen LogP contribution < -0.4 is 0 Å². The quantitative estimate of drug-likeness (QED) is 0.717. The predicted octanol–water partition coefficient (Wildman–Crippen LogP) is 4.41. The van der Waals surface area contributed by atoms with Crippen LogP contribution in [0.3, 0.4) is 0 Å². The SMILES string of the molecule is Cc1ccc(-c2cc3cc(C)c(C#N)c4n3c2C(C)(O)CS4)cc1. The Kier molecular flexibility index (Phi) is 3.28. The maximum absolute atomic E-state index is 11.0. The highest BCUT2D eigenvalue weighted by Gasteiger charge is 2.36. The Bertz CT molecular complexity index is 1010. The molecule has 0 bridgehead atoms. The van der Waals surface area contributed by atoms with E-state index in [2.05, 4.69) is 47.7 Å². The van der Waals surface area contributed by atoms with Crippen molar-refractivity contribution in [1.29, 1.82) is 5.26 Å². The third-order valence-electron chi connectivity index (χ3n) is 4.68. The molecule has 0 saturated heterocycles. The number of aromatic nitrogens is 1. The summed E-state index contributed by atoms with van der Waals surface area (Å²) >= 11 is 1.55. The van der Waals surface area contributed by atoms with Gasteiger partial charge in [0.25, 0.3) is 0 Å². The van der Waals surface area contributed by atoms with Gasteiger partial charge in [0.05, 0.1) is 16.3 Å². The second-order valence-electron chi connectivity index (χ2n) is 6.71. The Morgan fingerprint density at radius 1 is 1.21 bits per heavy atom. The summed E-state index contributed by atoms with van der Waals surface area (Å²) in [6, 6.07) is 14.8. The number of pyridine rings is 1. The lowest BCUT2D eigenvalue weighted by Crippen LogP contribution is -2.30. The van der Waals surface area contributed by atoms with Gasteiger partial charge in [0, 0.05) is 16.8 Å². The second kappa shape index (κ2) is 5.14. The molecule has 4 rings (SSSR count). The first-order chi connectivity index (χ1) is 11.4. The molecule has 1 aromatic carbocycles. The lowest BCUT2D eigenvalue weighted by atomic mass is 9.95. The van der Waals surface area contributed by atoms with E-state index in [1.807, 2.05) is 19.9 Å². The Labute approximate surface area is 145 Å². The molecule has 0 fully saturated rings. The zero-order valence-electron chi connectivity index (χ0n) is 13.9. The average Bonchev–Trinajstić information content (AvgIpc) is 2.92. The number of hydrogen-bond acceptors (Lipinski definition) is 3. The maximum atomic E-state index is 11.0. The summed E-state index contributed by atoms with van der Waals surface area (Å²) in [6.07, 6.45) is 0. The smallest absolute Gasteiger partial charge is 0.112 e. The van der Waals surface area contributed by atoms with Crippen molar-refractivity contribution in [1.82, 2.24) is 4.40 Å². The van der Waals surface area contributed by atoms with Crippen LogP contribution in [0.15, 0.2) is 41.4 Å². The van der Waals surface area contributed by atoms with E-state index in [9.17, 15) is 10.4 Å². The van der Waals surface area contributed by atoms with E-state index in [-0.39, 0.29) is 0 Å².